The van der Waals surface area contributed by atoms with E-state index < -0.39 is 84.9 Å². The third kappa shape index (κ3) is 6.06. The van der Waals surface area contributed by atoms with Crippen molar-refractivity contribution >= 4 is 61.4 Å². The summed E-state index contributed by atoms with van der Waals surface area (Å²) in [5.41, 5.74) is -1.64. The van der Waals surface area contributed by atoms with Crippen LogP contribution in [0.4, 0.5) is 13.2 Å². The number of carboxylic acids is 1. The quantitative estimate of drug-likeness (QED) is 0.212. The summed E-state index contributed by atoms with van der Waals surface area (Å²) in [5.74, 6) is -7.94. The number of rotatable bonds is 9. The van der Waals surface area contributed by atoms with E-state index in [1.165, 1.54) is 0 Å². The first-order valence-electron chi connectivity index (χ1n) is 9.50. The lowest BCUT2D eigenvalue weighted by Crippen LogP contribution is -2.75. The van der Waals surface area contributed by atoms with Crippen molar-refractivity contribution in [1.29, 1.82) is 0 Å². The Hall–Kier alpha value is -2.10. The molecule has 14 nitrogen and oxygen atoms in total. The number of carbonyl (C=O) groups is 3. The van der Waals surface area contributed by atoms with Crippen LogP contribution in [0.2, 0.25) is 0 Å². The lowest BCUT2D eigenvalue weighted by atomic mass is 9.89. The molecule has 2 N–H and O–H groups in total. The van der Waals surface area contributed by atoms with Crippen LogP contribution in [0.5, 0.6) is 0 Å². The van der Waals surface area contributed by atoms with Gasteiger partial charge in [-0.3, -0.25) is 18.9 Å². The topological polar surface area (TPSA) is 205 Å². The van der Waals surface area contributed by atoms with Crippen molar-refractivity contribution in [3.05, 3.63) is 5.89 Å². The van der Waals surface area contributed by atoms with E-state index in [1.807, 2.05) is 0 Å². The maximum atomic E-state index is 12.7. The maximum absolute atomic E-state index is 12.7. The molecule has 0 aromatic carbocycles. The molecular weight excluding hydrogens is 581 g/mol. The number of nitrogens with zero attached hydrogens (tertiary/aromatic N) is 4. The average molecular weight is 599 g/mol. The number of thioether (sulfide) groups is 2. The molecule has 202 valence electrons. The SMILES string of the molecule is CC(=O)N(C1C(=O)N2CC(CSc3nnc(CS(=O)(=O)O)o3)(C(=O)O)CS[C@H]12)S(=O)(=O)CC(F)(F)F. The highest BCUT2D eigenvalue weighted by Gasteiger charge is 2.61. The van der Waals surface area contributed by atoms with Gasteiger partial charge in [0.1, 0.15) is 10.8 Å². The van der Waals surface area contributed by atoms with Gasteiger partial charge in [0.25, 0.3) is 21.2 Å². The van der Waals surface area contributed by atoms with Crippen LogP contribution < -0.4 is 0 Å². The van der Waals surface area contributed by atoms with Crippen molar-refractivity contribution in [3.8, 4) is 0 Å². The van der Waals surface area contributed by atoms with Crippen molar-refractivity contribution in [3.63, 3.8) is 0 Å². The van der Waals surface area contributed by atoms with E-state index in [0.29, 0.717) is 6.92 Å². The first-order valence-corrected chi connectivity index (χ1v) is 14.8. The monoisotopic (exact) mass is 598 g/mol. The predicted octanol–water partition coefficient (Wildman–Crippen LogP) is -0.355. The molecule has 1 aromatic heterocycles. The molecule has 2 aliphatic rings. The molecule has 0 bridgehead atoms. The minimum absolute atomic E-state index is 0.102. The van der Waals surface area contributed by atoms with E-state index in [9.17, 15) is 49.5 Å². The number of carboxylic acid groups (broad SMARTS) is 1. The largest absolute Gasteiger partial charge is 0.481 e. The molecular formula is C15H17F3N4O10S4. The summed E-state index contributed by atoms with van der Waals surface area (Å²) in [6.07, 6.45) is -5.16. The minimum Gasteiger partial charge on any atom is -0.481 e. The number of β-lactam (4-membered cyclic amide) rings is 1. The van der Waals surface area contributed by atoms with Gasteiger partial charge in [0.2, 0.25) is 21.8 Å². The Morgan fingerprint density at radius 2 is 1.94 bits per heavy atom. The first-order chi connectivity index (χ1) is 16.4. The second-order valence-corrected chi connectivity index (χ2v) is 13.2. The van der Waals surface area contributed by atoms with E-state index in [4.69, 9.17) is 8.97 Å². The third-order valence-corrected chi connectivity index (χ3v) is 10.1. The van der Waals surface area contributed by atoms with Crippen LogP contribution in [-0.2, 0) is 40.3 Å². The second-order valence-electron chi connectivity index (χ2n) is 7.86. The molecule has 1 aromatic rings. The summed E-state index contributed by atoms with van der Waals surface area (Å²) in [4.78, 5) is 37.7. The molecule has 3 atom stereocenters. The average Bonchev–Trinajstić information content (AvgIpc) is 3.13. The fourth-order valence-electron chi connectivity index (χ4n) is 3.52. The van der Waals surface area contributed by atoms with Gasteiger partial charge in [0, 0.05) is 25.0 Å². The predicted molar refractivity (Wildman–Crippen MR) is 114 cm³/mol. The van der Waals surface area contributed by atoms with Crippen LogP contribution in [0.1, 0.15) is 12.8 Å². The molecule has 2 amide bonds. The van der Waals surface area contributed by atoms with Crippen LogP contribution in [-0.4, -0.2) is 105 Å². The van der Waals surface area contributed by atoms with Gasteiger partial charge in [-0.25, -0.2) is 12.7 Å². The van der Waals surface area contributed by atoms with Crippen molar-refractivity contribution in [1.82, 2.24) is 19.4 Å². The Balaban J connectivity index is 1.75. The molecule has 36 heavy (non-hydrogen) atoms. The zero-order chi connectivity index (χ0) is 27.3. The normalized spacial score (nSPS) is 24.7. The highest BCUT2D eigenvalue weighted by atomic mass is 32.2. The number of sulfonamides is 1. The van der Waals surface area contributed by atoms with E-state index in [1.54, 1.807) is 0 Å². The molecule has 2 fully saturated rings. The van der Waals surface area contributed by atoms with E-state index >= 15 is 0 Å². The van der Waals surface area contributed by atoms with Gasteiger partial charge in [-0.15, -0.1) is 22.0 Å². The second kappa shape index (κ2) is 9.65. The van der Waals surface area contributed by atoms with Gasteiger partial charge in [-0.2, -0.15) is 21.6 Å². The van der Waals surface area contributed by atoms with Gasteiger partial charge in [0.15, 0.2) is 17.5 Å². The Morgan fingerprint density at radius 3 is 2.47 bits per heavy atom. The lowest BCUT2D eigenvalue weighted by Gasteiger charge is -2.55. The number of aromatic nitrogens is 2. The number of alkyl halides is 3. The maximum Gasteiger partial charge on any atom is 0.404 e. The number of hydrogen-bond acceptors (Lipinski definition) is 12. The number of carbonyl (C=O) groups excluding carboxylic acids is 2. The van der Waals surface area contributed by atoms with Crippen molar-refractivity contribution in [2.24, 2.45) is 5.41 Å². The van der Waals surface area contributed by atoms with Gasteiger partial charge in [-0.1, -0.05) is 11.8 Å². The van der Waals surface area contributed by atoms with E-state index in [2.05, 4.69) is 10.2 Å². The Bertz CT molecular complexity index is 1280. The fraction of sp³-hybridized carbons (Fsp3) is 0.667. The zero-order valence-electron chi connectivity index (χ0n) is 17.9. The van der Waals surface area contributed by atoms with Crippen LogP contribution >= 0.6 is 23.5 Å². The molecule has 2 aliphatic heterocycles. The summed E-state index contributed by atoms with van der Waals surface area (Å²) in [6.45, 7) is 0.246. The van der Waals surface area contributed by atoms with E-state index in [-0.39, 0.29) is 21.0 Å². The summed E-state index contributed by atoms with van der Waals surface area (Å²) in [5, 5.41) is 15.5. The van der Waals surface area contributed by atoms with Gasteiger partial charge in [-0.05, 0) is 0 Å². The summed E-state index contributed by atoms with van der Waals surface area (Å²) < 4.78 is 98.3. The number of fused-ring (bicyclic) bond motifs is 1. The third-order valence-electron chi connectivity index (χ3n) is 5.01. The van der Waals surface area contributed by atoms with Crippen LogP contribution in [0.3, 0.4) is 0 Å². The lowest BCUT2D eigenvalue weighted by molar-refractivity contribution is -0.161. The molecule has 2 saturated heterocycles. The van der Waals surface area contributed by atoms with Crippen LogP contribution in [0.15, 0.2) is 9.64 Å². The van der Waals surface area contributed by atoms with E-state index in [0.717, 1.165) is 28.4 Å². The summed E-state index contributed by atoms with van der Waals surface area (Å²) in [7, 11) is -9.69. The Kier molecular flexibility index (Phi) is 7.63. The molecule has 0 radical (unpaired) electrons. The highest BCUT2D eigenvalue weighted by molar-refractivity contribution is 8.00. The molecule has 0 aliphatic carbocycles. The minimum atomic E-state index is -5.24. The van der Waals surface area contributed by atoms with Crippen LogP contribution in [0, 0.1) is 5.41 Å². The van der Waals surface area contributed by atoms with Gasteiger partial charge in [0.05, 0.1) is 0 Å². The van der Waals surface area contributed by atoms with Gasteiger partial charge >= 0.3 is 12.1 Å². The Labute approximate surface area is 209 Å². The first kappa shape index (κ1) is 28.5. The molecule has 3 rings (SSSR count). The van der Waals surface area contributed by atoms with Crippen molar-refractivity contribution in [2.45, 2.75) is 35.5 Å². The molecule has 0 saturated carbocycles. The number of aliphatic carboxylic acids is 1. The van der Waals surface area contributed by atoms with Crippen LogP contribution in [0.25, 0.3) is 0 Å². The standard InChI is InChI=1S/C15H17F3N4O10S4/c1-7(23)22(35(27,28)6-15(16,17)18)9-10(24)21-3-14(12(25)26,4-33-11(9)21)5-34-13-20-19-8(32-13)2-36(29,30)31/h9,11H,2-6H2,1H3,(H,25,26)(H,29,30,31)/t9?,11-,14?/m1/s1. The summed E-state index contributed by atoms with van der Waals surface area (Å²) >= 11 is 1.50. The summed E-state index contributed by atoms with van der Waals surface area (Å²) in [6, 6.07) is -1.75. The smallest absolute Gasteiger partial charge is 0.404 e. The number of hydrogen-bond donors (Lipinski definition) is 2. The fourth-order valence-corrected chi connectivity index (χ4v) is 8.20. The molecule has 21 heteroatoms. The number of halogens is 3. The molecule has 3 heterocycles. The Morgan fingerprint density at radius 1 is 1.31 bits per heavy atom. The number of amides is 2. The molecule has 0 spiro atoms. The molecule has 2 unspecified atom stereocenters. The van der Waals surface area contributed by atoms with Crippen molar-refractivity contribution in [2.75, 3.05) is 23.8 Å². The van der Waals surface area contributed by atoms with Crippen molar-refractivity contribution < 1.29 is 58.5 Å². The highest BCUT2D eigenvalue weighted by Crippen LogP contribution is 2.46. The zero-order valence-corrected chi connectivity index (χ0v) is 21.2. The van der Waals surface area contributed by atoms with Gasteiger partial charge < -0.3 is 14.4 Å².